The Balaban J connectivity index is 1.87. The molecule has 0 radical (unpaired) electrons. The van der Waals surface area contributed by atoms with Crippen LogP contribution in [0.5, 0.6) is 0 Å². The fourth-order valence-electron chi connectivity index (χ4n) is 4.89. The molecule has 1 aliphatic heterocycles. The SMILES string of the molecule is COCCCc1ncc2c(Cl)cc(C(O)C(CC(N=[N+]=[N-])C3CC(C(C)C)C(=O)O3)C(C)C)cn12. The van der Waals surface area contributed by atoms with Crippen molar-refractivity contribution >= 4 is 23.1 Å². The van der Waals surface area contributed by atoms with Gasteiger partial charge in [0.2, 0.25) is 0 Å². The first-order valence-electron chi connectivity index (χ1n) is 12.2. The minimum atomic E-state index is -0.861. The Morgan fingerprint density at radius 2 is 2.14 bits per heavy atom. The van der Waals surface area contributed by atoms with Crippen LogP contribution in [0.1, 0.15) is 64.4 Å². The number of azide groups is 1. The van der Waals surface area contributed by atoms with Crippen LogP contribution < -0.4 is 0 Å². The largest absolute Gasteiger partial charge is 0.462 e. The number of carbonyl (C=O) groups is 1. The third-order valence-corrected chi connectivity index (χ3v) is 7.35. The van der Waals surface area contributed by atoms with Gasteiger partial charge in [-0.2, -0.15) is 0 Å². The second-order valence-corrected chi connectivity index (χ2v) is 10.5. The van der Waals surface area contributed by atoms with Gasteiger partial charge in [-0.3, -0.25) is 4.79 Å². The van der Waals surface area contributed by atoms with Gasteiger partial charge in [0.25, 0.3) is 0 Å². The molecule has 1 fully saturated rings. The summed E-state index contributed by atoms with van der Waals surface area (Å²) in [5.74, 6) is 0.349. The summed E-state index contributed by atoms with van der Waals surface area (Å²) >= 11 is 6.57. The van der Waals surface area contributed by atoms with E-state index in [4.69, 9.17) is 21.1 Å². The van der Waals surface area contributed by atoms with Crippen molar-refractivity contribution in [2.24, 2.45) is 28.8 Å². The molecule has 0 aliphatic carbocycles. The number of hydrogen-bond acceptors (Lipinski definition) is 6. The van der Waals surface area contributed by atoms with Gasteiger partial charge in [0.1, 0.15) is 11.9 Å². The van der Waals surface area contributed by atoms with E-state index in [-0.39, 0.29) is 29.6 Å². The van der Waals surface area contributed by atoms with Crippen molar-refractivity contribution < 1.29 is 19.4 Å². The second-order valence-electron chi connectivity index (χ2n) is 10.1. The Labute approximate surface area is 211 Å². The van der Waals surface area contributed by atoms with Gasteiger partial charge in [-0.05, 0) is 54.2 Å². The molecule has 3 rings (SSSR count). The highest BCUT2D eigenvalue weighted by Crippen LogP contribution is 2.38. The summed E-state index contributed by atoms with van der Waals surface area (Å²) in [6, 6.07) is 1.21. The average Bonchev–Trinajstić information content (AvgIpc) is 3.40. The molecule has 3 heterocycles. The van der Waals surface area contributed by atoms with Crippen LogP contribution in [-0.4, -0.2) is 46.3 Å². The van der Waals surface area contributed by atoms with Gasteiger partial charge in [0.05, 0.1) is 34.8 Å². The number of aromatic nitrogens is 2. The minimum Gasteiger partial charge on any atom is -0.462 e. The number of cyclic esters (lactones) is 1. The molecule has 1 saturated heterocycles. The molecule has 0 saturated carbocycles. The van der Waals surface area contributed by atoms with Gasteiger partial charge < -0.3 is 19.0 Å². The lowest BCUT2D eigenvalue weighted by atomic mass is 9.80. The monoisotopic (exact) mass is 505 g/mol. The van der Waals surface area contributed by atoms with Crippen LogP contribution in [0.3, 0.4) is 0 Å². The molecule has 9 nitrogen and oxygen atoms in total. The predicted octanol–water partition coefficient (Wildman–Crippen LogP) is 5.53. The van der Waals surface area contributed by atoms with E-state index in [0.29, 0.717) is 36.5 Å². The third-order valence-electron chi connectivity index (χ3n) is 7.05. The van der Waals surface area contributed by atoms with Crippen LogP contribution in [0.4, 0.5) is 0 Å². The average molecular weight is 506 g/mol. The van der Waals surface area contributed by atoms with Gasteiger partial charge >= 0.3 is 5.97 Å². The first kappa shape index (κ1) is 27.3. The predicted molar refractivity (Wildman–Crippen MR) is 134 cm³/mol. The molecule has 0 spiro atoms. The van der Waals surface area contributed by atoms with Gasteiger partial charge in [0, 0.05) is 31.2 Å². The van der Waals surface area contributed by atoms with E-state index in [1.165, 1.54) is 0 Å². The quantitative estimate of drug-likeness (QED) is 0.133. The molecule has 192 valence electrons. The fraction of sp³-hybridized carbons (Fsp3) is 0.680. The molecule has 1 aliphatic rings. The number of pyridine rings is 1. The topological polar surface area (TPSA) is 122 Å². The lowest BCUT2D eigenvalue weighted by Crippen LogP contribution is -2.31. The number of hydrogen-bond donors (Lipinski definition) is 1. The highest BCUT2D eigenvalue weighted by molar-refractivity contribution is 6.33. The molecule has 5 atom stereocenters. The maximum absolute atomic E-state index is 12.3. The molecule has 10 heteroatoms. The zero-order chi connectivity index (χ0) is 25.7. The van der Waals surface area contributed by atoms with Crippen molar-refractivity contribution in [1.82, 2.24) is 9.38 Å². The van der Waals surface area contributed by atoms with Crippen molar-refractivity contribution in [2.75, 3.05) is 13.7 Å². The summed E-state index contributed by atoms with van der Waals surface area (Å²) < 4.78 is 12.7. The van der Waals surface area contributed by atoms with Crippen molar-refractivity contribution in [1.29, 1.82) is 0 Å². The maximum atomic E-state index is 12.3. The zero-order valence-electron chi connectivity index (χ0n) is 21.1. The lowest BCUT2D eigenvalue weighted by molar-refractivity contribution is -0.146. The number of halogens is 1. The molecule has 1 N–H and O–H groups in total. The first-order chi connectivity index (χ1) is 16.7. The van der Waals surface area contributed by atoms with E-state index < -0.39 is 18.2 Å². The Morgan fingerprint density at radius 3 is 2.74 bits per heavy atom. The number of ether oxygens (including phenoxy) is 2. The number of imidazole rings is 1. The first-order valence-corrected chi connectivity index (χ1v) is 12.6. The number of aliphatic hydroxyl groups is 1. The lowest BCUT2D eigenvalue weighted by Gasteiger charge is -2.30. The summed E-state index contributed by atoms with van der Waals surface area (Å²) in [6.45, 7) is 8.64. The Bertz CT molecular complexity index is 1070. The summed E-state index contributed by atoms with van der Waals surface area (Å²) in [4.78, 5) is 19.9. The summed E-state index contributed by atoms with van der Waals surface area (Å²) in [5.41, 5.74) is 10.7. The van der Waals surface area contributed by atoms with E-state index in [1.54, 1.807) is 19.4 Å². The van der Waals surface area contributed by atoms with Crippen molar-refractivity contribution in [3.8, 4) is 0 Å². The van der Waals surface area contributed by atoms with Crippen molar-refractivity contribution in [2.45, 2.75) is 71.6 Å². The number of aryl methyl sites for hydroxylation is 1. The van der Waals surface area contributed by atoms with E-state index in [2.05, 4.69) is 15.0 Å². The highest BCUT2D eigenvalue weighted by Gasteiger charge is 2.41. The molecule has 2 aromatic heterocycles. The molecule has 35 heavy (non-hydrogen) atoms. The number of esters is 1. The Morgan fingerprint density at radius 1 is 1.40 bits per heavy atom. The van der Waals surface area contributed by atoms with Crippen LogP contribution in [0.25, 0.3) is 16.0 Å². The van der Waals surface area contributed by atoms with Crippen LogP contribution >= 0.6 is 11.6 Å². The smallest absolute Gasteiger partial charge is 0.309 e. The highest BCUT2D eigenvalue weighted by atomic mass is 35.5. The van der Waals surface area contributed by atoms with Crippen LogP contribution in [0.15, 0.2) is 23.6 Å². The molecule has 0 bridgehead atoms. The number of fused-ring (bicyclic) bond motifs is 1. The summed E-state index contributed by atoms with van der Waals surface area (Å²) in [7, 11) is 1.67. The van der Waals surface area contributed by atoms with E-state index in [1.807, 2.05) is 38.3 Å². The molecule has 0 amide bonds. The molecular formula is C25H36ClN5O4. The van der Waals surface area contributed by atoms with Crippen LogP contribution in [-0.2, 0) is 20.7 Å². The maximum Gasteiger partial charge on any atom is 0.309 e. The van der Waals surface area contributed by atoms with Gasteiger partial charge in [-0.25, -0.2) is 4.98 Å². The van der Waals surface area contributed by atoms with Gasteiger partial charge in [-0.1, -0.05) is 44.4 Å². The summed E-state index contributed by atoms with van der Waals surface area (Å²) in [5, 5.41) is 16.0. The van der Waals surface area contributed by atoms with Crippen LogP contribution in [0.2, 0.25) is 5.02 Å². The molecule has 0 aromatic carbocycles. The number of aliphatic hydroxyl groups excluding tert-OH is 1. The van der Waals surface area contributed by atoms with Crippen LogP contribution in [0, 0.1) is 23.7 Å². The number of methoxy groups -OCH3 is 1. The summed E-state index contributed by atoms with van der Waals surface area (Å²) in [6.07, 6.45) is 4.69. The van der Waals surface area contributed by atoms with Gasteiger partial charge in [0.15, 0.2) is 0 Å². The van der Waals surface area contributed by atoms with E-state index in [0.717, 1.165) is 17.8 Å². The van der Waals surface area contributed by atoms with Crippen molar-refractivity contribution in [3.05, 3.63) is 45.3 Å². The second kappa shape index (κ2) is 12.1. The fourth-order valence-corrected chi connectivity index (χ4v) is 5.16. The third kappa shape index (κ3) is 6.28. The molecular weight excluding hydrogens is 470 g/mol. The normalized spacial score (nSPS) is 20.8. The Hall–Kier alpha value is -2.32. The number of nitrogens with zero attached hydrogens (tertiary/aromatic N) is 5. The molecule has 2 aromatic rings. The van der Waals surface area contributed by atoms with Gasteiger partial charge in [-0.15, -0.1) is 0 Å². The standard InChI is InChI=1S/C25H36ClN5O4/c1-14(2)17(10-20(29-30-27)22-11-18(15(3)4)25(33)35-22)24(32)16-9-19(26)21-12-28-23(31(21)13-16)7-6-8-34-5/h9,12-15,17-18,20,22,24,32H,6-8,10-11H2,1-5H3. The molecule has 5 unspecified atom stereocenters. The number of rotatable bonds is 12. The van der Waals surface area contributed by atoms with E-state index >= 15 is 0 Å². The number of carbonyl (C=O) groups excluding carboxylic acids is 1. The minimum absolute atomic E-state index is 0.0674. The zero-order valence-corrected chi connectivity index (χ0v) is 21.9. The Kier molecular flexibility index (Phi) is 9.41. The van der Waals surface area contributed by atoms with E-state index in [9.17, 15) is 15.4 Å². The van der Waals surface area contributed by atoms with Crippen molar-refractivity contribution in [3.63, 3.8) is 0 Å².